The molecule has 9 heteroatoms. The van der Waals surface area contributed by atoms with Crippen molar-refractivity contribution < 1.29 is 23.9 Å². The van der Waals surface area contributed by atoms with Gasteiger partial charge < -0.3 is 25.0 Å². The summed E-state index contributed by atoms with van der Waals surface area (Å²) in [6.45, 7) is 1.04. The van der Waals surface area contributed by atoms with Crippen molar-refractivity contribution >= 4 is 35.2 Å². The molecule has 5 rings (SSSR count). The van der Waals surface area contributed by atoms with Gasteiger partial charge in [0.05, 0.1) is 31.2 Å². The van der Waals surface area contributed by atoms with Gasteiger partial charge in [-0.2, -0.15) is 0 Å². The zero-order chi connectivity index (χ0) is 30.9. The molecule has 1 fully saturated rings. The van der Waals surface area contributed by atoms with Crippen molar-refractivity contribution in [1.29, 1.82) is 0 Å². The molecule has 226 valence electrons. The summed E-state index contributed by atoms with van der Waals surface area (Å²) in [5.74, 6) is 1.24. The third-order valence-electron chi connectivity index (χ3n) is 7.48. The second-order valence-electron chi connectivity index (χ2n) is 10.3. The van der Waals surface area contributed by atoms with E-state index in [-0.39, 0.29) is 23.1 Å². The predicted molar refractivity (Wildman–Crippen MR) is 173 cm³/mol. The van der Waals surface area contributed by atoms with Crippen molar-refractivity contribution in [2.75, 3.05) is 38.4 Å². The number of hydrogen-bond donors (Lipinski definition) is 2. The van der Waals surface area contributed by atoms with Crippen LogP contribution in [-0.4, -0.2) is 55.7 Å². The average molecular weight is 610 g/mol. The number of hydrogen-bond acceptors (Lipinski definition) is 6. The lowest BCUT2D eigenvalue weighted by molar-refractivity contribution is -0.128. The largest absolute Gasteiger partial charge is 0.493 e. The number of para-hydroxylation sites is 1. The predicted octanol–water partition coefficient (Wildman–Crippen LogP) is 5.75. The lowest BCUT2D eigenvalue weighted by Gasteiger charge is -2.24. The van der Waals surface area contributed by atoms with Gasteiger partial charge in [0.2, 0.25) is 5.91 Å². The van der Waals surface area contributed by atoms with Gasteiger partial charge in [-0.15, -0.1) is 11.8 Å². The number of nitrogens with zero attached hydrogens (tertiary/aromatic N) is 1. The molecule has 4 aromatic carbocycles. The zero-order valence-corrected chi connectivity index (χ0v) is 25.6. The highest BCUT2D eigenvalue weighted by Crippen LogP contribution is 2.38. The Morgan fingerprint density at radius 3 is 2.30 bits per heavy atom. The van der Waals surface area contributed by atoms with E-state index in [0.717, 1.165) is 17.5 Å². The minimum Gasteiger partial charge on any atom is -0.493 e. The van der Waals surface area contributed by atoms with Crippen LogP contribution in [0.25, 0.3) is 0 Å². The van der Waals surface area contributed by atoms with Gasteiger partial charge in [0.15, 0.2) is 11.5 Å². The number of carbonyl (C=O) groups excluding carboxylic acids is 3. The molecule has 1 saturated heterocycles. The fourth-order valence-corrected chi connectivity index (χ4v) is 6.32. The van der Waals surface area contributed by atoms with Crippen LogP contribution in [0.3, 0.4) is 0 Å². The molecule has 0 spiro atoms. The van der Waals surface area contributed by atoms with Crippen LogP contribution in [0.1, 0.15) is 42.8 Å². The number of amides is 3. The summed E-state index contributed by atoms with van der Waals surface area (Å²) >= 11 is 1.60. The maximum absolute atomic E-state index is 13.2. The fourth-order valence-electron chi connectivity index (χ4n) is 5.10. The number of anilines is 1. The molecule has 1 aliphatic rings. The summed E-state index contributed by atoms with van der Waals surface area (Å²) in [6.07, 6.45) is 1.38. The smallest absolute Gasteiger partial charge is 0.255 e. The second-order valence-corrected chi connectivity index (χ2v) is 11.4. The minimum atomic E-state index is -0.321. The molecule has 0 aromatic heterocycles. The number of thioether (sulfide) groups is 1. The van der Waals surface area contributed by atoms with Gasteiger partial charge in [-0.3, -0.25) is 14.4 Å². The van der Waals surface area contributed by atoms with Crippen LogP contribution in [0.5, 0.6) is 11.5 Å². The number of methoxy groups -OCH3 is 2. The molecule has 0 aliphatic carbocycles. The Bertz CT molecular complexity index is 1610. The summed E-state index contributed by atoms with van der Waals surface area (Å²) in [6, 6.07) is 30.0. The maximum atomic E-state index is 13.2. The number of ether oxygens (including phenoxy) is 2. The lowest BCUT2D eigenvalue weighted by Crippen LogP contribution is -2.30. The number of benzene rings is 4. The molecule has 1 heterocycles. The SMILES string of the molecule is COc1ccc(CCNC(=O)c2ccccc2NC(=O)c2ccc([C@H]3SCC(=O)N3CCc3ccccc3)cc2)cc1OC. The van der Waals surface area contributed by atoms with E-state index in [1.165, 1.54) is 5.56 Å². The van der Waals surface area contributed by atoms with Crippen LogP contribution in [0.4, 0.5) is 5.69 Å². The maximum Gasteiger partial charge on any atom is 0.255 e. The van der Waals surface area contributed by atoms with Crippen LogP contribution in [0.2, 0.25) is 0 Å². The molecule has 2 N–H and O–H groups in total. The second kappa shape index (κ2) is 14.6. The number of rotatable bonds is 12. The van der Waals surface area contributed by atoms with E-state index in [4.69, 9.17) is 9.47 Å². The number of nitrogens with one attached hydrogen (secondary N) is 2. The van der Waals surface area contributed by atoms with Crippen molar-refractivity contribution in [3.63, 3.8) is 0 Å². The Labute approximate surface area is 261 Å². The van der Waals surface area contributed by atoms with Crippen molar-refractivity contribution in [2.24, 2.45) is 0 Å². The molecule has 0 bridgehead atoms. The van der Waals surface area contributed by atoms with Gasteiger partial charge in [-0.1, -0.05) is 60.7 Å². The van der Waals surface area contributed by atoms with Gasteiger partial charge in [-0.25, -0.2) is 0 Å². The molecular weight excluding hydrogens is 574 g/mol. The summed E-state index contributed by atoms with van der Waals surface area (Å²) < 4.78 is 10.6. The molecule has 0 radical (unpaired) electrons. The fraction of sp³-hybridized carbons (Fsp3) is 0.229. The first-order valence-corrected chi connectivity index (χ1v) is 15.5. The van der Waals surface area contributed by atoms with Crippen molar-refractivity contribution in [2.45, 2.75) is 18.2 Å². The zero-order valence-electron chi connectivity index (χ0n) is 24.7. The molecule has 1 atom stereocenters. The summed E-state index contributed by atoms with van der Waals surface area (Å²) in [7, 11) is 3.17. The van der Waals surface area contributed by atoms with Gasteiger partial charge in [-0.05, 0) is 65.9 Å². The normalized spacial score (nSPS) is 14.3. The van der Waals surface area contributed by atoms with Crippen molar-refractivity contribution in [1.82, 2.24) is 10.2 Å². The molecule has 8 nitrogen and oxygen atoms in total. The van der Waals surface area contributed by atoms with E-state index in [0.29, 0.717) is 53.6 Å². The molecule has 1 aliphatic heterocycles. The monoisotopic (exact) mass is 609 g/mol. The average Bonchev–Trinajstić information content (AvgIpc) is 3.44. The Balaban J connectivity index is 1.19. The highest BCUT2D eigenvalue weighted by atomic mass is 32.2. The first-order chi connectivity index (χ1) is 21.5. The molecule has 4 aromatic rings. The topological polar surface area (TPSA) is 97.0 Å². The van der Waals surface area contributed by atoms with Gasteiger partial charge in [0.1, 0.15) is 5.37 Å². The number of carbonyl (C=O) groups is 3. The van der Waals surface area contributed by atoms with E-state index < -0.39 is 0 Å². The Morgan fingerprint density at radius 2 is 1.55 bits per heavy atom. The van der Waals surface area contributed by atoms with Crippen molar-refractivity contribution in [3.8, 4) is 11.5 Å². The molecule has 0 unspecified atom stereocenters. The Kier molecular flexibility index (Phi) is 10.2. The first-order valence-electron chi connectivity index (χ1n) is 14.4. The Morgan fingerprint density at radius 1 is 0.818 bits per heavy atom. The molecular formula is C35H35N3O5S. The standard InChI is InChI=1S/C35H35N3O5S/c1-42-30-17-12-25(22-31(30)43-2)18-20-36-34(41)28-10-6-7-11-29(28)37-33(40)26-13-15-27(16-14-26)35-38(32(39)23-44-35)21-19-24-8-4-3-5-9-24/h3-17,22,35H,18-21,23H2,1-2H3,(H,36,41)(H,37,40)/t35-/m1/s1. The van der Waals surface area contributed by atoms with Crippen molar-refractivity contribution in [3.05, 3.63) is 125 Å². The minimum absolute atomic E-state index is 0.0910. The van der Waals surface area contributed by atoms with Crippen LogP contribution in [0, 0.1) is 0 Å². The van der Waals surface area contributed by atoms with Crippen LogP contribution < -0.4 is 20.1 Å². The molecule has 0 saturated carbocycles. The Hall–Kier alpha value is -4.76. The third kappa shape index (κ3) is 7.41. The van der Waals surface area contributed by atoms with E-state index in [1.807, 2.05) is 53.4 Å². The summed E-state index contributed by atoms with van der Waals surface area (Å²) in [4.78, 5) is 40.8. The summed E-state index contributed by atoms with van der Waals surface area (Å²) in [5, 5.41) is 5.73. The highest BCUT2D eigenvalue weighted by Gasteiger charge is 2.32. The van der Waals surface area contributed by atoms with Gasteiger partial charge >= 0.3 is 0 Å². The van der Waals surface area contributed by atoms with Crippen LogP contribution >= 0.6 is 11.8 Å². The lowest BCUT2D eigenvalue weighted by atomic mass is 10.1. The van der Waals surface area contributed by atoms with Gasteiger partial charge in [0.25, 0.3) is 11.8 Å². The quantitative estimate of drug-likeness (QED) is 0.213. The third-order valence-corrected chi connectivity index (χ3v) is 8.73. The summed E-state index contributed by atoms with van der Waals surface area (Å²) in [5.41, 5.74) is 4.42. The molecule has 3 amide bonds. The van der Waals surface area contributed by atoms with Crippen LogP contribution in [-0.2, 0) is 17.6 Å². The van der Waals surface area contributed by atoms with E-state index >= 15 is 0 Å². The van der Waals surface area contributed by atoms with E-state index in [1.54, 1.807) is 62.4 Å². The van der Waals surface area contributed by atoms with E-state index in [2.05, 4.69) is 22.8 Å². The van der Waals surface area contributed by atoms with E-state index in [9.17, 15) is 14.4 Å². The first kappa shape index (κ1) is 30.7. The molecule has 44 heavy (non-hydrogen) atoms. The van der Waals surface area contributed by atoms with Crippen LogP contribution in [0.15, 0.2) is 97.1 Å². The van der Waals surface area contributed by atoms with Gasteiger partial charge in [0, 0.05) is 18.7 Å². The highest BCUT2D eigenvalue weighted by molar-refractivity contribution is 8.00.